The lowest BCUT2D eigenvalue weighted by molar-refractivity contribution is 0.0992. The molecular formula is C19H11Cl3FNO2. The van der Waals surface area contributed by atoms with Gasteiger partial charge in [0.1, 0.15) is 5.82 Å². The van der Waals surface area contributed by atoms with E-state index < -0.39 is 5.82 Å². The van der Waals surface area contributed by atoms with E-state index in [2.05, 4.69) is 0 Å². The Balaban J connectivity index is 1.99. The number of nitrogens with zero attached hydrogens (tertiary/aromatic N) is 1. The quantitative estimate of drug-likeness (QED) is 0.543. The number of carbonyl (C=O) groups excluding carboxylic acids is 1. The number of halogens is 4. The highest BCUT2D eigenvalue weighted by Gasteiger charge is 2.15. The zero-order valence-electron chi connectivity index (χ0n) is 13.2. The van der Waals surface area contributed by atoms with Gasteiger partial charge in [0.25, 0.3) is 5.56 Å². The monoisotopic (exact) mass is 409 g/mol. The predicted octanol–water partition coefficient (Wildman–Crippen LogP) is 5.36. The third-order valence-corrected chi connectivity index (χ3v) is 4.74. The van der Waals surface area contributed by atoms with E-state index in [1.807, 2.05) is 0 Å². The highest BCUT2D eigenvalue weighted by molar-refractivity contribution is 6.37. The molecule has 1 heterocycles. The van der Waals surface area contributed by atoms with Crippen molar-refractivity contribution in [3.05, 3.63) is 97.1 Å². The maximum absolute atomic E-state index is 13.1. The molecule has 0 aliphatic rings. The van der Waals surface area contributed by atoms with Crippen molar-refractivity contribution in [2.45, 2.75) is 6.42 Å². The van der Waals surface area contributed by atoms with Crippen LogP contribution in [0.3, 0.4) is 0 Å². The van der Waals surface area contributed by atoms with Crippen molar-refractivity contribution in [2.24, 2.45) is 0 Å². The first-order valence-corrected chi connectivity index (χ1v) is 8.64. The van der Waals surface area contributed by atoms with Crippen LogP contribution in [0, 0.1) is 5.82 Å². The van der Waals surface area contributed by atoms with Gasteiger partial charge in [-0.3, -0.25) is 14.2 Å². The summed E-state index contributed by atoms with van der Waals surface area (Å²) in [5, 5.41) is 0.734. The molecule has 0 aliphatic heterocycles. The summed E-state index contributed by atoms with van der Waals surface area (Å²) in [6, 6.07) is 11.4. The van der Waals surface area contributed by atoms with Crippen LogP contribution < -0.4 is 5.56 Å². The summed E-state index contributed by atoms with van der Waals surface area (Å²) in [5.74, 6) is -0.761. The molecule has 2 aromatic carbocycles. The fourth-order valence-electron chi connectivity index (χ4n) is 2.49. The van der Waals surface area contributed by atoms with Crippen LogP contribution in [0.5, 0.6) is 0 Å². The first-order chi connectivity index (χ1) is 12.4. The van der Waals surface area contributed by atoms with Gasteiger partial charge in [-0.15, -0.1) is 0 Å². The van der Waals surface area contributed by atoms with Crippen molar-refractivity contribution in [2.75, 3.05) is 0 Å². The van der Waals surface area contributed by atoms with Gasteiger partial charge in [-0.1, -0.05) is 46.9 Å². The summed E-state index contributed by atoms with van der Waals surface area (Å²) in [6.45, 7) is 0. The van der Waals surface area contributed by atoms with Gasteiger partial charge >= 0.3 is 0 Å². The normalized spacial score (nSPS) is 10.8. The van der Waals surface area contributed by atoms with Crippen LogP contribution in [-0.4, -0.2) is 10.4 Å². The second kappa shape index (κ2) is 7.62. The largest absolute Gasteiger partial charge is 0.294 e. The molecule has 7 heteroatoms. The number of Topliss-reactive ketones (excluding diaryl/α,β-unsaturated/α-hetero) is 1. The molecule has 0 saturated heterocycles. The molecule has 3 nitrogen and oxygen atoms in total. The summed E-state index contributed by atoms with van der Waals surface area (Å²) >= 11 is 18.3. The molecule has 0 unspecified atom stereocenters. The van der Waals surface area contributed by atoms with Gasteiger partial charge in [0.2, 0.25) is 0 Å². The minimum absolute atomic E-state index is 0.0342. The second-order valence-corrected chi connectivity index (χ2v) is 6.75. The van der Waals surface area contributed by atoms with E-state index in [9.17, 15) is 14.0 Å². The van der Waals surface area contributed by atoms with Gasteiger partial charge in [-0.2, -0.15) is 0 Å². The van der Waals surface area contributed by atoms with E-state index in [4.69, 9.17) is 34.8 Å². The summed E-state index contributed by atoms with van der Waals surface area (Å²) in [6.07, 6.45) is 1.35. The lowest BCUT2D eigenvalue weighted by Gasteiger charge is -2.11. The number of benzene rings is 2. The van der Waals surface area contributed by atoms with Gasteiger partial charge in [-0.25, -0.2) is 4.39 Å². The molecule has 1 aromatic heterocycles. The van der Waals surface area contributed by atoms with E-state index in [0.717, 1.165) is 6.07 Å². The minimum atomic E-state index is -0.479. The Morgan fingerprint density at radius 3 is 2.31 bits per heavy atom. The van der Waals surface area contributed by atoms with Crippen LogP contribution in [0.4, 0.5) is 4.39 Å². The third-order valence-electron chi connectivity index (χ3n) is 3.78. The van der Waals surface area contributed by atoms with E-state index in [1.165, 1.54) is 35.0 Å². The molecule has 0 atom stereocenters. The van der Waals surface area contributed by atoms with Crippen LogP contribution >= 0.6 is 34.8 Å². The van der Waals surface area contributed by atoms with Gasteiger partial charge in [0, 0.05) is 29.3 Å². The molecule has 132 valence electrons. The molecule has 0 N–H and O–H groups in total. The van der Waals surface area contributed by atoms with E-state index in [0.29, 0.717) is 11.3 Å². The number of hydrogen-bond acceptors (Lipinski definition) is 2. The topological polar surface area (TPSA) is 39.1 Å². The fourth-order valence-corrected chi connectivity index (χ4v) is 3.30. The molecule has 0 radical (unpaired) electrons. The molecule has 0 bridgehead atoms. The molecule has 3 aromatic rings. The molecule has 3 rings (SSSR count). The lowest BCUT2D eigenvalue weighted by atomic mass is 10.0. The lowest BCUT2D eigenvalue weighted by Crippen LogP contribution is -2.19. The molecule has 0 fully saturated rings. The van der Waals surface area contributed by atoms with E-state index in [1.54, 1.807) is 18.2 Å². The van der Waals surface area contributed by atoms with Gasteiger partial charge in [-0.05, 0) is 35.9 Å². The number of rotatable bonds is 4. The van der Waals surface area contributed by atoms with Crippen molar-refractivity contribution in [1.82, 2.24) is 4.57 Å². The Morgan fingerprint density at radius 1 is 0.962 bits per heavy atom. The zero-order chi connectivity index (χ0) is 18.8. The Kier molecular flexibility index (Phi) is 5.47. The van der Waals surface area contributed by atoms with Crippen LogP contribution in [0.15, 0.2) is 59.5 Å². The number of ketones is 1. The van der Waals surface area contributed by atoms with Crippen molar-refractivity contribution in [3.63, 3.8) is 0 Å². The van der Waals surface area contributed by atoms with Crippen LogP contribution in [0.25, 0.3) is 5.69 Å². The summed E-state index contributed by atoms with van der Waals surface area (Å²) in [5.41, 5.74) is 0.694. The smallest absolute Gasteiger partial charge is 0.255 e. The van der Waals surface area contributed by atoms with E-state index in [-0.39, 0.29) is 38.4 Å². The molecule has 0 spiro atoms. The summed E-state index contributed by atoms with van der Waals surface area (Å²) in [7, 11) is 0. The number of hydrogen-bond donors (Lipinski definition) is 0. The summed E-state index contributed by atoms with van der Waals surface area (Å²) < 4.78 is 14.4. The van der Waals surface area contributed by atoms with E-state index >= 15 is 0 Å². The zero-order valence-corrected chi connectivity index (χ0v) is 15.4. The standard InChI is InChI=1S/C19H11Cl3FNO2/c20-14-2-1-3-15(21)19(14)24-10-12(5-7-18(24)26)17(25)8-11-4-6-13(23)9-16(11)22/h1-7,9-10H,8H2. The SMILES string of the molecule is O=C(Cc1ccc(F)cc1Cl)c1ccc(=O)n(-c2c(Cl)cccc2Cl)c1. The van der Waals surface area contributed by atoms with Crippen LogP contribution in [-0.2, 0) is 6.42 Å². The Labute approximate surface area is 163 Å². The van der Waals surface area contributed by atoms with Crippen molar-refractivity contribution in [1.29, 1.82) is 0 Å². The Bertz CT molecular complexity index is 1040. The minimum Gasteiger partial charge on any atom is -0.294 e. The number of para-hydroxylation sites is 1. The highest BCUT2D eigenvalue weighted by Crippen LogP contribution is 2.27. The molecule has 0 saturated carbocycles. The number of carbonyl (C=O) groups is 1. The first kappa shape index (κ1) is 18.6. The second-order valence-electron chi connectivity index (χ2n) is 5.53. The highest BCUT2D eigenvalue weighted by atomic mass is 35.5. The maximum atomic E-state index is 13.1. The van der Waals surface area contributed by atoms with Crippen molar-refractivity contribution < 1.29 is 9.18 Å². The van der Waals surface area contributed by atoms with Crippen LogP contribution in [0.2, 0.25) is 15.1 Å². The Morgan fingerprint density at radius 2 is 1.65 bits per heavy atom. The summed E-state index contributed by atoms with van der Waals surface area (Å²) in [4.78, 5) is 24.8. The molecule has 26 heavy (non-hydrogen) atoms. The maximum Gasteiger partial charge on any atom is 0.255 e. The molecule has 0 aliphatic carbocycles. The molecule has 0 amide bonds. The third kappa shape index (κ3) is 3.83. The average Bonchev–Trinajstić information content (AvgIpc) is 2.58. The number of pyridine rings is 1. The fraction of sp³-hybridized carbons (Fsp3) is 0.0526. The average molecular weight is 411 g/mol. The van der Waals surface area contributed by atoms with Gasteiger partial charge in [0.05, 0.1) is 15.7 Å². The predicted molar refractivity (Wildman–Crippen MR) is 102 cm³/mol. The van der Waals surface area contributed by atoms with Crippen molar-refractivity contribution in [3.8, 4) is 5.69 Å². The van der Waals surface area contributed by atoms with Gasteiger partial charge in [0.15, 0.2) is 5.78 Å². The Hall–Kier alpha value is -2.14. The number of aromatic nitrogens is 1. The van der Waals surface area contributed by atoms with Crippen LogP contribution in [0.1, 0.15) is 15.9 Å². The van der Waals surface area contributed by atoms with Gasteiger partial charge < -0.3 is 0 Å². The van der Waals surface area contributed by atoms with Crippen molar-refractivity contribution >= 4 is 40.6 Å². The molecular weight excluding hydrogens is 400 g/mol. The first-order valence-electron chi connectivity index (χ1n) is 7.51.